The van der Waals surface area contributed by atoms with E-state index in [0.717, 1.165) is 36.2 Å². The van der Waals surface area contributed by atoms with Crippen LogP contribution in [-0.2, 0) is 11.8 Å². The van der Waals surface area contributed by atoms with E-state index < -0.39 is 6.04 Å². The highest BCUT2D eigenvalue weighted by Gasteiger charge is 2.38. The van der Waals surface area contributed by atoms with Gasteiger partial charge in [0.15, 0.2) is 0 Å². The van der Waals surface area contributed by atoms with Crippen LogP contribution in [0.25, 0.3) is 0 Å². The van der Waals surface area contributed by atoms with Gasteiger partial charge >= 0.3 is 0 Å². The van der Waals surface area contributed by atoms with E-state index in [9.17, 15) is 4.79 Å². The van der Waals surface area contributed by atoms with Gasteiger partial charge in [0.1, 0.15) is 11.2 Å². The van der Waals surface area contributed by atoms with Gasteiger partial charge in [-0.2, -0.15) is 5.10 Å². The molecule has 2 aromatic rings. The summed E-state index contributed by atoms with van der Waals surface area (Å²) in [4.78, 5) is 14.3. The van der Waals surface area contributed by atoms with E-state index in [1.807, 2.05) is 44.3 Å². The summed E-state index contributed by atoms with van der Waals surface area (Å²) in [5, 5.41) is 5.04. The summed E-state index contributed by atoms with van der Waals surface area (Å²) in [5.74, 6) is -0.333. The number of rotatable bonds is 4. The van der Waals surface area contributed by atoms with Crippen molar-refractivity contribution in [1.82, 2.24) is 14.7 Å². The number of likely N-dealkylation sites (tertiary alicyclic amines) is 1. The smallest absolute Gasteiger partial charge is 0.239 e. The summed E-state index contributed by atoms with van der Waals surface area (Å²) >= 11 is 6.45. The zero-order valence-electron chi connectivity index (χ0n) is 13.4. The van der Waals surface area contributed by atoms with Gasteiger partial charge in [-0.25, -0.2) is 0 Å². The van der Waals surface area contributed by atoms with Crippen molar-refractivity contribution in [2.75, 3.05) is 6.54 Å². The lowest BCUT2D eigenvalue weighted by Crippen LogP contribution is -2.37. The molecule has 6 heteroatoms. The highest BCUT2D eigenvalue weighted by Crippen LogP contribution is 2.42. The topological polar surface area (TPSA) is 64.2 Å². The van der Waals surface area contributed by atoms with E-state index in [4.69, 9.17) is 17.3 Å². The van der Waals surface area contributed by atoms with Crippen LogP contribution in [0, 0.1) is 6.92 Å². The number of primary amides is 1. The number of benzene rings is 1. The fourth-order valence-electron chi connectivity index (χ4n) is 3.59. The number of hydrogen-bond acceptors (Lipinski definition) is 3. The number of carbonyl (C=O) groups is 1. The first-order valence-electron chi connectivity index (χ1n) is 7.79. The van der Waals surface area contributed by atoms with E-state index in [2.05, 4.69) is 10.00 Å². The van der Waals surface area contributed by atoms with Crippen LogP contribution in [0.1, 0.15) is 41.7 Å². The average Bonchev–Trinajstić information content (AvgIpc) is 3.06. The highest BCUT2D eigenvalue weighted by atomic mass is 35.5. The molecule has 1 aliphatic rings. The summed E-state index contributed by atoms with van der Waals surface area (Å²) in [6, 6.07) is 9.31. The quantitative estimate of drug-likeness (QED) is 0.936. The minimum Gasteiger partial charge on any atom is -0.368 e. The number of carbonyl (C=O) groups excluding carboxylic acids is 1. The van der Waals surface area contributed by atoms with Gasteiger partial charge < -0.3 is 5.73 Å². The van der Waals surface area contributed by atoms with E-state index in [-0.39, 0.29) is 11.9 Å². The zero-order valence-corrected chi connectivity index (χ0v) is 14.1. The average molecular weight is 333 g/mol. The lowest BCUT2D eigenvalue weighted by molar-refractivity contribution is -0.123. The molecule has 2 N–H and O–H groups in total. The molecular weight excluding hydrogens is 312 g/mol. The Morgan fingerprint density at radius 1 is 1.39 bits per heavy atom. The molecule has 0 spiro atoms. The fraction of sp³-hybridized carbons (Fsp3) is 0.412. The Bertz CT molecular complexity index is 713. The van der Waals surface area contributed by atoms with Crippen molar-refractivity contribution in [2.24, 2.45) is 12.8 Å². The number of amides is 1. The predicted octanol–water partition coefficient (Wildman–Crippen LogP) is 2.75. The zero-order chi connectivity index (χ0) is 16.6. The summed E-state index contributed by atoms with van der Waals surface area (Å²) < 4.78 is 1.69. The molecule has 3 rings (SSSR count). The third-order valence-electron chi connectivity index (χ3n) is 4.54. The maximum Gasteiger partial charge on any atom is 0.239 e. The Morgan fingerprint density at radius 3 is 2.65 bits per heavy atom. The van der Waals surface area contributed by atoms with E-state index in [0.29, 0.717) is 5.15 Å². The molecule has 1 amide bonds. The van der Waals surface area contributed by atoms with Crippen molar-refractivity contribution in [3.63, 3.8) is 0 Å². The molecule has 0 bridgehead atoms. The third kappa shape index (κ3) is 2.86. The molecule has 1 aromatic heterocycles. The molecule has 0 unspecified atom stereocenters. The summed E-state index contributed by atoms with van der Waals surface area (Å²) in [6.07, 6.45) is 1.95. The molecular formula is C17H21ClN4O. The number of aromatic nitrogens is 2. The van der Waals surface area contributed by atoms with Crippen LogP contribution in [0.2, 0.25) is 5.15 Å². The molecule has 2 atom stereocenters. The monoisotopic (exact) mass is 332 g/mol. The molecule has 2 heterocycles. The lowest BCUT2D eigenvalue weighted by Gasteiger charge is -2.31. The van der Waals surface area contributed by atoms with Gasteiger partial charge in [0, 0.05) is 18.7 Å². The SMILES string of the molecule is Cc1nn(C)c(Cl)c1[C@H]1CCCN1[C@H](C(N)=O)c1ccccc1. The number of aryl methyl sites for hydroxylation is 2. The number of nitrogens with two attached hydrogens (primary N) is 1. The Balaban J connectivity index is 2.01. The Morgan fingerprint density at radius 2 is 2.09 bits per heavy atom. The van der Waals surface area contributed by atoms with Gasteiger partial charge in [0.2, 0.25) is 5.91 Å². The lowest BCUT2D eigenvalue weighted by atomic mass is 10.0. The van der Waals surface area contributed by atoms with Gasteiger partial charge in [-0.1, -0.05) is 41.9 Å². The summed E-state index contributed by atoms with van der Waals surface area (Å²) in [7, 11) is 1.83. The van der Waals surface area contributed by atoms with Crippen molar-refractivity contribution >= 4 is 17.5 Å². The van der Waals surface area contributed by atoms with Gasteiger partial charge in [0.05, 0.1) is 5.69 Å². The van der Waals surface area contributed by atoms with Gasteiger partial charge in [0.25, 0.3) is 0 Å². The number of halogens is 1. The molecule has 1 fully saturated rings. The first kappa shape index (κ1) is 16.0. The Hall–Kier alpha value is -1.85. The molecule has 122 valence electrons. The highest BCUT2D eigenvalue weighted by molar-refractivity contribution is 6.30. The number of hydrogen-bond donors (Lipinski definition) is 1. The van der Waals surface area contributed by atoms with E-state index >= 15 is 0 Å². The van der Waals surface area contributed by atoms with Gasteiger partial charge in [-0.15, -0.1) is 0 Å². The molecule has 0 saturated carbocycles. The molecule has 1 aromatic carbocycles. The Kier molecular flexibility index (Phi) is 4.41. The van der Waals surface area contributed by atoms with Crippen molar-refractivity contribution < 1.29 is 4.79 Å². The Labute approximate surface area is 141 Å². The van der Waals surface area contributed by atoms with Crippen LogP contribution in [0.4, 0.5) is 0 Å². The third-order valence-corrected chi connectivity index (χ3v) is 4.99. The van der Waals surface area contributed by atoms with Gasteiger partial charge in [-0.3, -0.25) is 14.4 Å². The molecule has 5 nitrogen and oxygen atoms in total. The second-order valence-electron chi connectivity index (χ2n) is 6.02. The number of nitrogens with zero attached hydrogens (tertiary/aromatic N) is 3. The second kappa shape index (κ2) is 6.34. The van der Waals surface area contributed by atoms with Crippen LogP contribution in [0.3, 0.4) is 0 Å². The fourth-order valence-corrected chi connectivity index (χ4v) is 3.89. The minimum absolute atomic E-state index is 0.0638. The maximum atomic E-state index is 12.2. The molecule has 1 aliphatic heterocycles. The normalized spacial score (nSPS) is 19.9. The minimum atomic E-state index is -0.445. The van der Waals surface area contributed by atoms with Crippen LogP contribution in [0.5, 0.6) is 0 Å². The first-order chi connectivity index (χ1) is 11.0. The molecule has 23 heavy (non-hydrogen) atoms. The van der Waals surface area contributed by atoms with Gasteiger partial charge in [-0.05, 0) is 31.9 Å². The molecule has 0 radical (unpaired) electrons. The standard InChI is InChI=1S/C17H21ClN4O/c1-11-14(16(18)21(2)20-11)13-9-6-10-22(13)15(17(19)23)12-7-4-3-5-8-12/h3-5,7-8,13,15H,6,9-10H2,1-2H3,(H2,19,23)/t13-,15+/m1/s1. The van der Waals surface area contributed by atoms with E-state index in [1.54, 1.807) is 4.68 Å². The van der Waals surface area contributed by atoms with Crippen molar-refractivity contribution in [3.05, 3.63) is 52.3 Å². The first-order valence-corrected chi connectivity index (χ1v) is 8.17. The maximum absolute atomic E-state index is 12.2. The summed E-state index contributed by atoms with van der Waals surface area (Å²) in [5.41, 5.74) is 8.57. The molecule has 0 aliphatic carbocycles. The van der Waals surface area contributed by atoms with Crippen LogP contribution < -0.4 is 5.73 Å². The van der Waals surface area contributed by atoms with Crippen molar-refractivity contribution in [1.29, 1.82) is 0 Å². The van der Waals surface area contributed by atoms with Crippen molar-refractivity contribution in [3.8, 4) is 0 Å². The van der Waals surface area contributed by atoms with Crippen molar-refractivity contribution in [2.45, 2.75) is 31.8 Å². The largest absolute Gasteiger partial charge is 0.368 e. The molecule has 1 saturated heterocycles. The van der Waals surface area contributed by atoms with Crippen LogP contribution in [-0.4, -0.2) is 27.1 Å². The predicted molar refractivity (Wildman–Crippen MR) is 90.0 cm³/mol. The summed E-state index contributed by atoms with van der Waals surface area (Å²) in [6.45, 7) is 2.78. The van der Waals surface area contributed by atoms with Crippen LogP contribution in [0.15, 0.2) is 30.3 Å². The second-order valence-corrected chi connectivity index (χ2v) is 6.38. The van der Waals surface area contributed by atoms with Crippen LogP contribution >= 0.6 is 11.6 Å². The van der Waals surface area contributed by atoms with E-state index in [1.165, 1.54) is 0 Å².